The summed E-state index contributed by atoms with van der Waals surface area (Å²) in [6, 6.07) is 0.262. The molecule has 5 nitrogen and oxygen atoms in total. The van der Waals surface area contributed by atoms with Crippen molar-refractivity contribution in [3.63, 3.8) is 0 Å². The van der Waals surface area contributed by atoms with E-state index >= 15 is 0 Å². The van der Waals surface area contributed by atoms with E-state index in [0.717, 1.165) is 23.9 Å². The van der Waals surface area contributed by atoms with Crippen molar-refractivity contribution in [2.75, 3.05) is 12.4 Å². The minimum atomic E-state index is -4.50. The van der Waals surface area contributed by atoms with Gasteiger partial charge in [0.05, 0.1) is 16.3 Å². The highest BCUT2D eigenvalue weighted by Gasteiger charge is 2.30. The molecule has 116 valence electrons. The van der Waals surface area contributed by atoms with Gasteiger partial charge in [0.1, 0.15) is 6.67 Å². The molecule has 0 bridgehead atoms. The Balaban J connectivity index is 2.52. The Hall–Kier alpha value is -1.84. The molecule has 0 aliphatic heterocycles. The fourth-order valence-corrected chi connectivity index (χ4v) is 1.83. The lowest BCUT2D eigenvalue weighted by molar-refractivity contribution is -0.142. The minimum absolute atomic E-state index is 0.158. The molecule has 0 fully saturated rings. The van der Waals surface area contributed by atoms with E-state index in [9.17, 15) is 27.2 Å². The van der Waals surface area contributed by atoms with Crippen molar-refractivity contribution in [1.29, 1.82) is 0 Å². The fourth-order valence-electron chi connectivity index (χ4n) is 1.18. The van der Waals surface area contributed by atoms with Crippen LogP contribution in [-0.2, 0) is 15.8 Å². The summed E-state index contributed by atoms with van der Waals surface area (Å²) in [6.07, 6.45) is -3.87. The average Bonchev–Trinajstić information content (AvgIpc) is 2.41. The Bertz CT molecular complexity index is 507. The van der Waals surface area contributed by atoms with E-state index in [1.807, 2.05) is 5.32 Å². The lowest BCUT2D eigenvalue weighted by atomic mass is 10.3. The first-order valence-electron chi connectivity index (χ1n) is 5.48. The number of amides is 1. The molecule has 1 rings (SSSR count). The molecule has 0 aliphatic rings. The van der Waals surface area contributed by atoms with Gasteiger partial charge in [0.25, 0.3) is 0 Å². The monoisotopic (exact) mass is 326 g/mol. The number of alkyl halides is 4. The molecule has 0 radical (unpaired) electrons. The number of pyridine rings is 1. The molecule has 21 heavy (non-hydrogen) atoms. The number of rotatable bonds is 6. The number of aliphatic carboxylic acids is 1. The first-order chi connectivity index (χ1) is 9.74. The van der Waals surface area contributed by atoms with Crippen LogP contribution in [0.25, 0.3) is 0 Å². The lowest BCUT2D eigenvalue weighted by Gasteiger charge is -2.10. The number of carbonyl (C=O) groups excluding carboxylic acids is 1. The molecule has 0 aliphatic carbocycles. The van der Waals surface area contributed by atoms with Gasteiger partial charge in [0.15, 0.2) is 6.04 Å². The van der Waals surface area contributed by atoms with E-state index in [2.05, 4.69) is 4.98 Å². The normalized spacial score (nSPS) is 12.8. The van der Waals surface area contributed by atoms with E-state index in [4.69, 9.17) is 5.11 Å². The molecule has 0 aromatic carbocycles. The van der Waals surface area contributed by atoms with Crippen LogP contribution in [-0.4, -0.2) is 40.4 Å². The lowest BCUT2D eigenvalue weighted by Crippen LogP contribution is -2.43. The molecule has 0 saturated heterocycles. The summed E-state index contributed by atoms with van der Waals surface area (Å²) in [5.41, 5.74) is -0.917. The number of aromatic nitrogens is 1. The van der Waals surface area contributed by atoms with Crippen LogP contribution in [0.5, 0.6) is 0 Å². The predicted molar refractivity (Wildman–Crippen MR) is 65.5 cm³/mol. The predicted octanol–water partition coefficient (Wildman–Crippen LogP) is 1.73. The number of carboxylic acid groups (broad SMARTS) is 1. The molecule has 1 atom stereocenters. The second-order valence-corrected chi connectivity index (χ2v) is 4.78. The Morgan fingerprint density at radius 2 is 2.05 bits per heavy atom. The number of hydrogen-bond donors (Lipinski definition) is 2. The highest BCUT2D eigenvalue weighted by Crippen LogP contribution is 2.29. The van der Waals surface area contributed by atoms with E-state index < -0.39 is 36.3 Å². The Labute approximate surface area is 120 Å². The summed E-state index contributed by atoms with van der Waals surface area (Å²) in [5, 5.41) is 10.6. The number of thioether (sulfide) groups is 1. The topological polar surface area (TPSA) is 79.3 Å². The molecule has 1 aromatic rings. The first kappa shape index (κ1) is 17.2. The van der Waals surface area contributed by atoms with Crippen molar-refractivity contribution < 1.29 is 32.3 Å². The van der Waals surface area contributed by atoms with Crippen molar-refractivity contribution in [1.82, 2.24) is 10.3 Å². The molecule has 0 spiro atoms. The standard InChI is InChI=1S/C11H10F4N2O3S/c12-3-7(10(19)20)17-8(18)5-21-9-2-1-6(4-16-9)11(13,14)15/h1-2,4,7H,3,5H2,(H,17,18)(H,19,20). The number of carboxylic acids is 1. The first-order valence-corrected chi connectivity index (χ1v) is 6.46. The molecule has 10 heteroatoms. The Morgan fingerprint density at radius 1 is 1.38 bits per heavy atom. The second kappa shape index (κ2) is 7.25. The third kappa shape index (κ3) is 5.58. The van der Waals surface area contributed by atoms with Gasteiger partial charge in [-0.2, -0.15) is 13.2 Å². The van der Waals surface area contributed by atoms with Crippen LogP contribution < -0.4 is 5.32 Å². The van der Waals surface area contributed by atoms with Crippen LogP contribution >= 0.6 is 11.8 Å². The zero-order valence-corrected chi connectivity index (χ0v) is 11.2. The van der Waals surface area contributed by atoms with Crippen molar-refractivity contribution >= 4 is 23.6 Å². The summed E-state index contributed by atoms with van der Waals surface area (Å²) in [7, 11) is 0. The van der Waals surface area contributed by atoms with Gasteiger partial charge in [-0.1, -0.05) is 11.8 Å². The van der Waals surface area contributed by atoms with Gasteiger partial charge in [-0.25, -0.2) is 14.2 Å². The van der Waals surface area contributed by atoms with E-state index in [-0.39, 0.29) is 10.8 Å². The number of halogens is 4. The smallest absolute Gasteiger partial charge is 0.417 e. The summed E-state index contributed by atoms with van der Waals surface area (Å²) >= 11 is 0.806. The fraction of sp³-hybridized carbons (Fsp3) is 0.364. The number of nitrogens with one attached hydrogen (secondary N) is 1. The number of carbonyl (C=O) groups is 2. The van der Waals surface area contributed by atoms with Crippen LogP contribution in [0.4, 0.5) is 17.6 Å². The van der Waals surface area contributed by atoms with Gasteiger partial charge in [-0.05, 0) is 12.1 Å². The van der Waals surface area contributed by atoms with Gasteiger partial charge in [0, 0.05) is 6.20 Å². The van der Waals surface area contributed by atoms with Gasteiger partial charge in [-0.15, -0.1) is 0 Å². The highest BCUT2D eigenvalue weighted by molar-refractivity contribution is 7.99. The van der Waals surface area contributed by atoms with Crippen molar-refractivity contribution in [3.8, 4) is 0 Å². The van der Waals surface area contributed by atoms with Crippen LogP contribution in [0.15, 0.2) is 23.4 Å². The minimum Gasteiger partial charge on any atom is -0.480 e. The van der Waals surface area contributed by atoms with Gasteiger partial charge in [0.2, 0.25) is 5.91 Å². The van der Waals surface area contributed by atoms with Crippen molar-refractivity contribution in [2.45, 2.75) is 17.2 Å². The second-order valence-electron chi connectivity index (χ2n) is 3.78. The third-order valence-electron chi connectivity index (χ3n) is 2.20. The molecule has 1 aromatic heterocycles. The van der Waals surface area contributed by atoms with Crippen molar-refractivity contribution in [2.24, 2.45) is 0 Å². The molecule has 2 N–H and O–H groups in total. The maximum atomic E-state index is 12.3. The van der Waals surface area contributed by atoms with Crippen LogP contribution in [0, 0.1) is 0 Å². The zero-order chi connectivity index (χ0) is 16.0. The Kier molecular flexibility index (Phi) is 5.94. The van der Waals surface area contributed by atoms with Gasteiger partial charge < -0.3 is 10.4 Å². The van der Waals surface area contributed by atoms with Crippen molar-refractivity contribution in [3.05, 3.63) is 23.9 Å². The third-order valence-corrected chi connectivity index (χ3v) is 3.15. The van der Waals surface area contributed by atoms with E-state index in [1.165, 1.54) is 0 Å². The molecule has 1 heterocycles. The van der Waals surface area contributed by atoms with E-state index in [1.54, 1.807) is 0 Å². The summed E-state index contributed by atoms with van der Waals surface area (Å²) in [4.78, 5) is 25.4. The van der Waals surface area contributed by atoms with Crippen LogP contribution in [0.3, 0.4) is 0 Å². The molecule has 0 saturated carbocycles. The molecule has 1 amide bonds. The van der Waals surface area contributed by atoms with Crippen LogP contribution in [0.2, 0.25) is 0 Å². The van der Waals surface area contributed by atoms with Crippen LogP contribution in [0.1, 0.15) is 5.56 Å². The SMILES string of the molecule is O=C(CSc1ccc(C(F)(F)F)cn1)NC(CF)C(=O)O. The summed E-state index contributed by atoms with van der Waals surface area (Å²) in [6.45, 7) is -1.26. The maximum absolute atomic E-state index is 12.3. The molecule has 1 unspecified atom stereocenters. The van der Waals surface area contributed by atoms with Gasteiger partial charge >= 0.3 is 12.1 Å². The van der Waals surface area contributed by atoms with Gasteiger partial charge in [-0.3, -0.25) is 4.79 Å². The molecular weight excluding hydrogens is 316 g/mol. The molecular formula is C11H10F4N2O3S. The number of hydrogen-bond acceptors (Lipinski definition) is 4. The van der Waals surface area contributed by atoms with E-state index in [0.29, 0.717) is 6.20 Å². The summed E-state index contributed by atoms with van der Waals surface area (Å²) < 4.78 is 49.1. The largest absolute Gasteiger partial charge is 0.480 e. The Morgan fingerprint density at radius 3 is 2.48 bits per heavy atom. The maximum Gasteiger partial charge on any atom is 0.417 e. The quantitative estimate of drug-likeness (QED) is 0.615. The highest BCUT2D eigenvalue weighted by atomic mass is 32.2. The zero-order valence-electron chi connectivity index (χ0n) is 10.4. The number of nitrogens with zero attached hydrogens (tertiary/aromatic N) is 1. The summed E-state index contributed by atoms with van der Waals surface area (Å²) in [5.74, 6) is -2.56. The average molecular weight is 326 g/mol.